The van der Waals surface area contributed by atoms with Crippen LogP contribution >= 0.6 is 0 Å². The highest BCUT2D eigenvalue weighted by Gasteiger charge is 2.17. The Bertz CT molecular complexity index is 620. The summed E-state index contributed by atoms with van der Waals surface area (Å²) in [5, 5.41) is 0. The minimum absolute atomic E-state index is 0.363. The van der Waals surface area contributed by atoms with Crippen LogP contribution in [0.4, 0.5) is 5.69 Å². The number of anilines is 1. The Labute approximate surface area is 148 Å². The van der Waals surface area contributed by atoms with Crippen molar-refractivity contribution in [3.63, 3.8) is 0 Å². The van der Waals surface area contributed by atoms with E-state index in [0.717, 1.165) is 37.2 Å². The monoisotopic (exact) mass is 347 g/mol. The van der Waals surface area contributed by atoms with Crippen LogP contribution in [0.1, 0.15) is 35.7 Å². The van der Waals surface area contributed by atoms with Gasteiger partial charge in [-0.3, -0.25) is 0 Å². The SMILES string of the molecule is CCCCOC(=O)/C=C/c1ccc(C(=O)OC)cc1N1CCOCC1. The molecule has 136 valence electrons. The topological polar surface area (TPSA) is 65.1 Å². The van der Waals surface area contributed by atoms with Crippen LogP contribution in [0.25, 0.3) is 6.08 Å². The van der Waals surface area contributed by atoms with Gasteiger partial charge in [0, 0.05) is 24.9 Å². The van der Waals surface area contributed by atoms with Gasteiger partial charge in [0.25, 0.3) is 0 Å². The molecule has 6 nitrogen and oxygen atoms in total. The zero-order chi connectivity index (χ0) is 18.1. The fourth-order valence-corrected chi connectivity index (χ4v) is 2.53. The lowest BCUT2D eigenvalue weighted by molar-refractivity contribution is -0.137. The van der Waals surface area contributed by atoms with E-state index in [-0.39, 0.29) is 11.9 Å². The van der Waals surface area contributed by atoms with Gasteiger partial charge in [-0.25, -0.2) is 9.59 Å². The zero-order valence-electron chi connectivity index (χ0n) is 14.8. The number of carbonyl (C=O) groups is 2. The van der Waals surface area contributed by atoms with E-state index < -0.39 is 0 Å². The van der Waals surface area contributed by atoms with E-state index >= 15 is 0 Å². The predicted octanol–water partition coefficient (Wildman–Crippen LogP) is 2.67. The number of nitrogens with zero attached hydrogens (tertiary/aromatic N) is 1. The van der Waals surface area contributed by atoms with Crippen LogP contribution < -0.4 is 4.90 Å². The van der Waals surface area contributed by atoms with Crippen molar-refractivity contribution in [1.29, 1.82) is 0 Å². The Morgan fingerprint density at radius 2 is 2.04 bits per heavy atom. The third kappa shape index (κ3) is 5.60. The summed E-state index contributed by atoms with van der Waals surface area (Å²) in [6, 6.07) is 5.30. The number of carbonyl (C=O) groups excluding carboxylic acids is 2. The van der Waals surface area contributed by atoms with Crippen molar-refractivity contribution in [2.75, 3.05) is 44.9 Å². The first-order chi connectivity index (χ1) is 12.2. The molecule has 1 aromatic rings. The predicted molar refractivity (Wildman–Crippen MR) is 95.7 cm³/mol. The van der Waals surface area contributed by atoms with Gasteiger partial charge in [-0.05, 0) is 30.2 Å². The Hall–Kier alpha value is -2.34. The molecule has 0 radical (unpaired) electrons. The van der Waals surface area contributed by atoms with Crippen molar-refractivity contribution in [1.82, 2.24) is 0 Å². The minimum atomic E-state index is -0.385. The van der Waals surface area contributed by atoms with Gasteiger partial charge in [-0.2, -0.15) is 0 Å². The Balaban J connectivity index is 2.20. The highest BCUT2D eigenvalue weighted by molar-refractivity contribution is 5.93. The van der Waals surface area contributed by atoms with E-state index in [0.29, 0.717) is 25.4 Å². The summed E-state index contributed by atoms with van der Waals surface area (Å²) in [5.74, 6) is -0.748. The number of morpholine rings is 1. The molecule has 25 heavy (non-hydrogen) atoms. The van der Waals surface area contributed by atoms with Gasteiger partial charge >= 0.3 is 11.9 Å². The third-order valence-electron chi connectivity index (χ3n) is 3.94. The molecule has 2 rings (SSSR count). The maximum absolute atomic E-state index is 11.8. The first kappa shape index (κ1) is 19.0. The van der Waals surface area contributed by atoms with E-state index in [4.69, 9.17) is 14.2 Å². The summed E-state index contributed by atoms with van der Waals surface area (Å²) in [5.41, 5.74) is 2.21. The highest BCUT2D eigenvalue weighted by atomic mass is 16.5. The summed E-state index contributed by atoms with van der Waals surface area (Å²) in [7, 11) is 1.36. The molecule has 1 aliphatic heterocycles. The van der Waals surface area contributed by atoms with Gasteiger partial charge in [0.1, 0.15) is 0 Å². The first-order valence-corrected chi connectivity index (χ1v) is 8.55. The van der Waals surface area contributed by atoms with Crippen molar-refractivity contribution < 1.29 is 23.8 Å². The number of benzene rings is 1. The minimum Gasteiger partial charge on any atom is -0.465 e. The van der Waals surface area contributed by atoms with Crippen LogP contribution in [-0.4, -0.2) is 52.0 Å². The Morgan fingerprint density at radius 1 is 1.28 bits per heavy atom. The fourth-order valence-electron chi connectivity index (χ4n) is 2.53. The van der Waals surface area contributed by atoms with Crippen LogP contribution in [0.3, 0.4) is 0 Å². The number of esters is 2. The van der Waals surface area contributed by atoms with Crippen LogP contribution in [-0.2, 0) is 19.0 Å². The number of methoxy groups -OCH3 is 1. The summed E-state index contributed by atoms with van der Waals surface area (Å²) in [4.78, 5) is 25.7. The second-order valence-electron chi connectivity index (χ2n) is 5.72. The lowest BCUT2D eigenvalue weighted by Crippen LogP contribution is -2.36. The van der Waals surface area contributed by atoms with Crippen molar-refractivity contribution in [3.05, 3.63) is 35.4 Å². The molecule has 0 aliphatic carbocycles. The number of hydrogen-bond acceptors (Lipinski definition) is 6. The Morgan fingerprint density at radius 3 is 2.72 bits per heavy atom. The maximum atomic E-state index is 11.8. The molecule has 1 heterocycles. The highest BCUT2D eigenvalue weighted by Crippen LogP contribution is 2.25. The molecule has 6 heteroatoms. The quantitative estimate of drug-likeness (QED) is 0.429. The summed E-state index contributed by atoms with van der Waals surface area (Å²) in [6.07, 6.45) is 4.98. The summed E-state index contributed by atoms with van der Waals surface area (Å²) < 4.78 is 15.3. The molecule has 1 fully saturated rings. The van der Waals surface area contributed by atoms with E-state index in [2.05, 4.69) is 4.90 Å². The van der Waals surface area contributed by atoms with Crippen LogP contribution in [0.5, 0.6) is 0 Å². The second-order valence-corrected chi connectivity index (χ2v) is 5.72. The molecule has 0 unspecified atom stereocenters. The van der Waals surface area contributed by atoms with Crippen molar-refractivity contribution in [2.24, 2.45) is 0 Å². The van der Waals surface area contributed by atoms with E-state index in [1.165, 1.54) is 13.2 Å². The molecule has 0 saturated carbocycles. The van der Waals surface area contributed by atoms with Gasteiger partial charge < -0.3 is 19.1 Å². The molecule has 0 bridgehead atoms. The average Bonchev–Trinajstić information content (AvgIpc) is 2.66. The molecule has 0 spiro atoms. The van der Waals surface area contributed by atoms with E-state index in [9.17, 15) is 9.59 Å². The van der Waals surface area contributed by atoms with Gasteiger partial charge in [0.15, 0.2) is 0 Å². The zero-order valence-corrected chi connectivity index (χ0v) is 14.8. The molecule has 0 aromatic heterocycles. The number of hydrogen-bond donors (Lipinski definition) is 0. The largest absolute Gasteiger partial charge is 0.465 e. The average molecular weight is 347 g/mol. The number of unbranched alkanes of at least 4 members (excludes halogenated alkanes) is 1. The van der Waals surface area contributed by atoms with Crippen molar-refractivity contribution in [3.8, 4) is 0 Å². The molecule has 1 aliphatic rings. The van der Waals surface area contributed by atoms with Crippen LogP contribution in [0.2, 0.25) is 0 Å². The van der Waals surface area contributed by atoms with Gasteiger partial charge in [0.05, 0.1) is 32.5 Å². The van der Waals surface area contributed by atoms with Crippen molar-refractivity contribution >= 4 is 23.7 Å². The van der Waals surface area contributed by atoms with E-state index in [1.807, 2.05) is 13.0 Å². The summed E-state index contributed by atoms with van der Waals surface area (Å²) in [6.45, 7) is 5.19. The van der Waals surface area contributed by atoms with Crippen LogP contribution in [0, 0.1) is 0 Å². The number of ether oxygens (including phenoxy) is 3. The van der Waals surface area contributed by atoms with Gasteiger partial charge in [0.2, 0.25) is 0 Å². The Kier molecular flexibility index (Phi) is 7.47. The standard InChI is InChI=1S/C19H25NO5/c1-3-4-11-25-18(21)8-7-15-5-6-16(19(22)23-2)14-17(15)20-9-12-24-13-10-20/h5-8,14H,3-4,9-13H2,1-2H3/b8-7+. The lowest BCUT2D eigenvalue weighted by Gasteiger charge is -2.30. The molecular weight excluding hydrogens is 322 g/mol. The van der Waals surface area contributed by atoms with Gasteiger partial charge in [-0.15, -0.1) is 0 Å². The van der Waals surface area contributed by atoms with E-state index in [1.54, 1.807) is 18.2 Å². The molecule has 1 saturated heterocycles. The van der Waals surface area contributed by atoms with Crippen molar-refractivity contribution in [2.45, 2.75) is 19.8 Å². The molecule has 0 atom stereocenters. The molecule has 1 aromatic carbocycles. The van der Waals surface area contributed by atoms with Gasteiger partial charge in [-0.1, -0.05) is 19.4 Å². The normalized spacial score (nSPS) is 14.6. The lowest BCUT2D eigenvalue weighted by atomic mass is 10.1. The molecular formula is C19H25NO5. The first-order valence-electron chi connectivity index (χ1n) is 8.55. The smallest absolute Gasteiger partial charge is 0.337 e. The molecule has 0 N–H and O–H groups in total. The van der Waals surface area contributed by atoms with Crippen LogP contribution in [0.15, 0.2) is 24.3 Å². The number of rotatable bonds is 7. The third-order valence-corrected chi connectivity index (χ3v) is 3.94. The summed E-state index contributed by atoms with van der Waals surface area (Å²) >= 11 is 0. The fraction of sp³-hybridized carbons (Fsp3) is 0.474. The second kappa shape index (κ2) is 9.84. The molecule has 0 amide bonds. The maximum Gasteiger partial charge on any atom is 0.337 e.